The van der Waals surface area contributed by atoms with E-state index in [0.717, 1.165) is 21.8 Å². The Labute approximate surface area is 184 Å². The van der Waals surface area contributed by atoms with Crippen molar-refractivity contribution in [2.24, 2.45) is 5.92 Å². The highest BCUT2D eigenvalue weighted by Crippen LogP contribution is 2.31. The topological polar surface area (TPSA) is 74.3 Å². The van der Waals surface area contributed by atoms with Crippen molar-refractivity contribution in [1.29, 1.82) is 0 Å². The molecule has 6 nitrogen and oxygen atoms in total. The predicted molar refractivity (Wildman–Crippen MR) is 121 cm³/mol. The number of carbonyl (C=O) groups excluding carboxylic acids is 2. The molecule has 3 aromatic rings. The number of para-hydroxylation sites is 1. The zero-order valence-corrected chi connectivity index (χ0v) is 17.9. The van der Waals surface area contributed by atoms with Gasteiger partial charge in [-0.25, -0.2) is 14.2 Å². The Bertz CT molecular complexity index is 1060. The first-order chi connectivity index (χ1) is 15.0. The van der Waals surface area contributed by atoms with E-state index in [2.05, 4.69) is 15.6 Å². The molecule has 4 rings (SSSR count). The van der Waals surface area contributed by atoms with Gasteiger partial charge in [-0.15, -0.1) is 11.3 Å². The van der Waals surface area contributed by atoms with Crippen LogP contribution in [0.25, 0.3) is 11.3 Å². The van der Waals surface area contributed by atoms with Crippen LogP contribution in [0.4, 0.5) is 20.0 Å². The van der Waals surface area contributed by atoms with E-state index >= 15 is 0 Å². The van der Waals surface area contributed by atoms with E-state index in [4.69, 9.17) is 0 Å². The monoisotopic (exact) mass is 438 g/mol. The molecule has 3 amide bonds. The third kappa shape index (κ3) is 5.08. The summed E-state index contributed by atoms with van der Waals surface area (Å²) in [5.41, 5.74) is 2.31. The van der Waals surface area contributed by atoms with E-state index in [-0.39, 0.29) is 23.7 Å². The molecule has 1 aliphatic heterocycles. The van der Waals surface area contributed by atoms with Crippen molar-refractivity contribution in [3.8, 4) is 11.3 Å². The predicted octanol–water partition coefficient (Wildman–Crippen LogP) is 5.14. The van der Waals surface area contributed by atoms with Crippen LogP contribution < -0.4 is 10.6 Å². The van der Waals surface area contributed by atoms with E-state index in [1.165, 1.54) is 23.5 Å². The van der Waals surface area contributed by atoms with Crippen molar-refractivity contribution in [2.75, 3.05) is 23.7 Å². The van der Waals surface area contributed by atoms with Crippen molar-refractivity contribution < 1.29 is 14.0 Å². The lowest BCUT2D eigenvalue weighted by molar-refractivity contribution is -0.121. The molecule has 0 unspecified atom stereocenters. The highest BCUT2D eigenvalue weighted by atomic mass is 32.1. The second-order valence-corrected chi connectivity index (χ2v) is 8.68. The Kier molecular flexibility index (Phi) is 6.27. The van der Waals surface area contributed by atoms with Gasteiger partial charge in [0.2, 0.25) is 5.91 Å². The number of piperidine rings is 1. The van der Waals surface area contributed by atoms with Gasteiger partial charge in [-0.1, -0.05) is 18.2 Å². The standard InChI is InChI=1S/C23H23FN4O2S/c1-15-20(16-7-9-18(24)10-8-16)26-22(31-15)27-21(29)17-11-13-28(14-12-17)23(30)25-19-5-3-2-4-6-19/h2-10,17H,11-14H2,1H3,(H,25,30)(H,26,27,29). The van der Waals surface area contributed by atoms with Gasteiger partial charge in [0.15, 0.2) is 5.13 Å². The van der Waals surface area contributed by atoms with Gasteiger partial charge in [-0.3, -0.25) is 4.79 Å². The van der Waals surface area contributed by atoms with Crippen molar-refractivity contribution in [3.63, 3.8) is 0 Å². The molecule has 0 spiro atoms. The summed E-state index contributed by atoms with van der Waals surface area (Å²) in [7, 11) is 0. The molecule has 1 aromatic heterocycles. The van der Waals surface area contributed by atoms with Crippen molar-refractivity contribution in [2.45, 2.75) is 19.8 Å². The number of thiazole rings is 1. The minimum atomic E-state index is -0.297. The van der Waals surface area contributed by atoms with Crippen LogP contribution in [-0.4, -0.2) is 34.9 Å². The number of nitrogens with one attached hydrogen (secondary N) is 2. The largest absolute Gasteiger partial charge is 0.324 e. The van der Waals surface area contributed by atoms with Crippen LogP contribution in [0.1, 0.15) is 17.7 Å². The fraction of sp³-hybridized carbons (Fsp3) is 0.261. The molecular formula is C23H23FN4O2S. The third-order valence-corrected chi connectivity index (χ3v) is 6.21. The average molecular weight is 439 g/mol. The molecule has 0 aliphatic carbocycles. The number of benzene rings is 2. The number of hydrogen-bond donors (Lipinski definition) is 2. The minimum Gasteiger partial charge on any atom is -0.324 e. The fourth-order valence-electron chi connectivity index (χ4n) is 3.60. The normalized spacial score (nSPS) is 14.3. The van der Waals surface area contributed by atoms with Gasteiger partial charge in [0.05, 0.1) is 5.69 Å². The quantitative estimate of drug-likeness (QED) is 0.592. The van der Waals surface area contributed by atoms with Crippen LogP contribution >= 0.6 is 11.3 Å². The maximum absolute atomic E-state index is 13.2. The summed E-state index contributed by atoms with van der Waals surface area (Å²) >= 11 is 1.40. The second-order valence-electron chi connectivity index (χ2n) is 7.48. The van der Waals surface area contributed by atoms with Crippen LogP contribution in [0.15, 0.2) is 54.6 Å². The molecule has 1 fully saturated rings. The van der Waals surface area contributed by atoms with E-state index < -0.39 is 0 Å². The molecule has 2 heterocycles. The zero-order valence-electron chi connectivity index (χ0n) is 17.1. The molecule has 1 aliphatic rings. The second kappa shape index (κ2) is 9.26. The first kappa shape index (κ1) is 21.0. The number of aryl methyl sites for hydroxylation is 1. The van der Waals surface area contributed by atoms with Crippen LogP contribution in [-0.2, 0) is 4.79 Å². The number of nitrogens with zero attached hydrogens (tertiary/aromatic N) is 2. The lowest BCUT2D eigenvalue weighted by Crippen LogP contribution is -2.43. The minimum absolute atomic E-state index is 0.0810. The van der Waals surface area contributed by atoms with Gasteiger partial charge in [-0.05, 0) is 56.2 Å². The van der Waals surface area contributed by atoms with Crippen LogP contribution in [0, 0.1) is 18.7 Å². The highest BCUT2D eigenvalue weighted by Gasteiger charge is 2.28. The van der Waals surface area contributed by atoms with E-state index in [9.17, 15) is 14.0 Å². The third-order valence-electron chi connectivity index (χ3n) is 5.32. The molecule has 0 atom stereocenters. The summed E-state index contributed by atoms with van der Waals surface area (Å²) < 4.78 is 13.2. The van der Waals surface area contributed by atoms with Crippen LogP contribution in [0.2, 0.25) is 0 Å². The molecule has 8 heteroatoms. The molecule has 31 heavy (non-hydrogen) atoms. The number of likely N-dealkylation sites (tertiary alicyclic amines) is 1. The number of carbonyl (C=O) groups is 2. The molecule has 0 radical (unpaired) electrons. The highest BCUT2D eigenvalue weighted by molar-refractivity contribution is 7.16. The SMILES string of the molecule is Cc1sc(NC(=O)C2CCN(C(=O)Nc3ccccc3)CC2)nc1-c1ccc(F)cc1. The Balaban J connectivity index is 1.32. The number of anilines is 2. The maximum atomic E-state index is 13.2. The number of halogens is 1. The van der Waals surface area contributed by atoms with Gasteiger partial charge in [0.25, 0.3) is 0 Å². The number of hydrogen-bond acceptors (Lipinski definition) is 4. The first-order valence-corrected chi connectivity index (χ1v) is 11.0. The summed E-state index contributed by atoms with van der Waals surface area (Å²) in [5.74, 6) is -0.546. The van der Waals surface area contributed by atoms with Gasteiger partial charge in [0.1, 0.15) is 5.82 Å². The number of rotatable bonds is 4. The van der Waals surface area contributed by atoms with Gasteiger partial charge in [0, 0.05) is 35.1 Å². The fourth-order valence-corrected chi connectivity index (χ4v) is 4.44. The summed E-state index contributed by atoms with van der Waals surface area (Å²) in [6.45, 7) is 2.97. The van der Waals surface area contributed by atoms with Gasteiger partial charge in [-0.2, -0.15) is 0 Å². The summed E-state index contributed by atoms with van der Waals surface area (Å²) in [6.07, 6.45) is 1.20. The molecule has 160 valence electrons. The molecular weight excluding hydrogens is 415 g/mol. The molecule has 1 saturated heterocycles. The van der Waals surface area contributed by atoms with E-state index in [1.807, 2.05) is 37.3 Å². The Morgan fingerprint density at radius 2 is 1.71 bits per heavy atom. The van der Waals surface area contributed by atoms with Crippen molar-refractivity contribution in [3.05, 3.63) is 65.3 Å². The summed E-state index contributed by atoms with van der Waals surface area (Å²) in [4.78, 5) is 32.3. The Hall–Kier alpha value is -3.26. The zero-order chi connectivity index (χ0) is 21.8. The molecule has 2 aromatic carbocycles. The summed E-state index contributed by atoms with van der Waals surface area (Å²) in [6, 6.07) is 15.3. The van der Waals surface area contributed by atoms with E-state index in [1.54, 1.807) is 17.0 Å². The molecule has 0 bridgehead atoms. The number of aromatic nitrogens is 1. The van der Waals surface area contributed by atoms with Gasteiger partial charge < -0.3 is 15.5 Å². The average Bonchev–Trinajstić information content (AvgIpc) is 3.15. The first-order valence-electron chi connectivity index (χ1n) is 10.1. The Morgan fingerprint density at radius 1 is 1.03 bits per heavy atom. The van der Waals surface area contributed by atoms with Crippen LogP contribution in [0.3, 0.4) is 0 Å². The molecule has 0 saturated carbocycles. The number of amides is 3. The molecule has 2 N–H and O–H groups in total. The van der Waals surface area contributed by atoms with E-state index in [0.29, 0.717) is 31.1 Å². The summed E-state index contributed by atoms with van der Waals surface area (Å²) in [5, 5.41) is 6.32. The smallest absolute Gasteiger partial charge is 0.321 e. The van der Waals surface area contributed by atoms with Crippen LogP contribution in [0.5, 0.6) is 0 Å². The lowest BCUT2D eigenvalue weighted by atomic mass is 9.96. The maximum Gasteiger partial charge on any atom is 0.321 e. The Morgan fingerprint density at radius 3 is 2.39 bits per heavy atom. The lowest BCUT2D eigenvalue weighted by Gasteiger charge is -2.31. The number of urea groups is 1. The van der Waals surface area contributed by atoms with Crippen molar-refractivity contribution in [1.82, 2.24) is 9.88 Å². The van der Waals surface area contributed by atoms with Crippen molar-refractivity contribution >= 4 is 34.1 Å². The van der Waals surface area contributed by atoms with Gasteiger partial charge >= 0.3 is 6.03 Å².